The number of rotatable bonds is 5. The Bertz CT molecular complexity index is 616. The summed E-state index contributed by atoms with van der Waals surface area (Å²) in [6.07, 6.45) is 0. The zero-order valence-electron chi connectivity index (χ0n) is 10.6. The molecule has 0 unspecified atom stereocenters. The highest BCUT2D eigenvalue weighted by Crippen LogP contribution is 2.22. The molecule has 0 aliphatic heterocycles. The third-order valence-electron chi connectivity index (χ3n) is 2.49. The third kappa shape index (κ3) is 3.12. The van der Waals surface area contributed by atoms with E-state index < -0.39 is 28.5 Å². The molecular weight excluding hydrogens is 276 g/mol. The summed E-state index contributed by atoms with van der Waals surface area (Å²) in [6.45, 7) is 2.29. The second kappa shape index (κ2) is 5.41. The fourth-order valence-corrected chi connectivity index (χ4v) is 3.06. The van der Waals surface area contributed by atoms with E-state index in [1.165, 1.54) is 13.8 Å². The van der Waals surface area contributed by atoms with Crippen molar-refractivity contribution in [2.75, 3.05) is 13.7 Å². The number of nitrogens with one attached hydrogen (secondary N) is 2. The minimum Gasteiger partial charge on any atom is -0.477 e. The minimum atomic E-state index is -3.98. The molecule has 0 saturated carbocycles. The molecule has 0 aliphatic rings. The van der Waals surface area contributed by atoms with Crippen molar-refractivity contribution in [1.29, 1.82) is 0 Å². The molecule has 0 fully saturated rings. The van der Waals surface area contributed by atoms with Gasteiger partial charge in [0.1, 0.15) is 17.1 Å². The fourth-order valence-electron chi connectivity index (χ4n) is 1.65. The molecule has 1 aromatic rings. The van der Waals surface area contributed by atoms with Crippen molar-refractivity contribution in [3.05, 3.63) is 17.0 Å². The van der Waals surface area contributed by atoms with Crippen LogP contribution in [0.4, 0.5) is 0 Å². The van der Waals surface area contributed by atoms with Crippen molar-refractivity contribution < 1.29 is 27.9 Å². The number of esters is 1. The molecule has 0 radical (unpaired) electrons. The number of methoxy groups -OCH3 is 1. The number of aromatic nitrogens is 1. The molecule has 1 heterocycles. The zero-order valence-corrected chi connectivity index (χ0v) is 11.4. The van der Waals surface area contributed by atoms with Crippen LogP contribution in [0.5, 0.6) is 0 Å². The highest BCUT2D eigenvalue weighted by atomic mass is 32.2. The average molecular weight is 290 g/mol. The number of carboxylic acids is 1. The van der Waals surface area contributed by atoms with E-state index in [0.717, 1.165) is 7.11 Å². The monoisotopic (exact) mass is 290 g/mol. The normalized spacial score (nSPS) is 11.3. The van der Waals surface area contributed by atoms with Crippen molar-refractivity contribution in [2.24, 2.45) is 0 Å². The van der Waals surface area contributed by atoms with Gasteiger partial charge in [-0.15, -0.1) is 0 Å². The topological polar surface area (TPSA) is 126 Å². The number of H-pyrrole nitrogens is 1. The first-order chi connectivity index (χ1) is 8.70. The lowest BCUT2D eigenvalue weighted by atomic mass is 10.2. The van der Waals surface area contributed by atoms with E-state index >= 15 is 0 Å². The van der Waals surface area contributed by atoms with E-state index in [1.54, 1.807) is 0 Å². The number of hydrogen-bond donors (Lipinski definition) is 3. The molecule has 0 spiro atoms. The molecule has 0 aromatic carbocycles. The lowest BCUT2D eigenvalue weighted by Gasteiger charge is -2.06. The Hall–Kier alpha value is -1.87. The van der Waals surface area contributed by atoms with E-state index in [4.69, 9.17) is 5.11 Å². The molecule has 0 aliphatic carbocycles. The van der Waals surface area contributed by atoms with E-state index in [0.29, 0.717) is 0 Å². The van der Waals surface area contributed by atoms with Gasteiger partial charge in [-0.2, -0.15) is 4.72 Å². The van der Waals surface area contributed by atoms with Gasteiger partial charge in [0.2, 0.25) is 10.0 Å². The Kier molecular flexibility index (Phi) is 4.32. The third-order valence-corrected chi connectivity index (χ3v) is 4.16. The van der Waals surface area contributed by atoms with Gasteiger partial charge in [-0.05, 0) is 13.8 Å². The van der Waals surface area contributed by atoms with Gasteiger partial charge < -0.3 is 14.8 Å². The minimum absolute atomic E-state index is 0.0855. The van der Waals surface area contributed by atoms with Crippen LogP contribution in [0.1, 0.15) is 21.7 Å². The number of aromatic carboxylic acids is 1. The standard InChI is InChI=1S/C10H14N2O6S/c1-5-8(10(14)15)12-6(2)9(5)19(16,17)11-4-7(13)18-3/h11-12H,4H2,1-3H3,(H,14,15). The molecule has 106 valence electrons. The van der Waals surface area contributed by atoms with Gasteiger partial charge in [0.15, 0.2) is 0 Å². The van der Waals surface area contributed by atoms with Gasteiger partial charge in [-0.3, -0.25) is 4.79 Å². The van der Waals surface area contributed by atoms with E-state index in [2.05, 4.69) is 9.72 Å². The Labute approximate surface area is 109 Å². The summed E-state index contributed by atoms with van der Waals surface area (Å²) in [5.41, 5.74) is 0.0746. The first-order valence-electron chi connectivity index (χ1n) is 5.19. The summed E-state index contributed by atoms with van der Waals surface area (Å²) in [4.78, 5) is 24.1. The summed E-state index contributed by atoms with van der Waals surface area (Å²) in [5.74, 6) is -2.00. The van der Waals surface area contributed by atoms with Crippen LogP contribution >= 0.6 is 0 Å². The molecule has 0 atom stereocenters. The number of ether oxygens (including phenoxy) is 1. The summed E-state index contributed by atoms with van der Waals surface area (Å²) in [7, 11) is -2.85. The molecule has 1 aromatic heterocycles. The van der Waals surface area contributed by atoms with Gasteiger partial charge in [0.25, 0.3) is 0 Å². The van der Waals surface area contributed by atoms with Crippen LogP contribution in [0.3, 0.4) is 0 Å². The van der Waals surface area contributed by atoms with Crippen LogP contribution in [-0.4, -0.2) is 44.1 Å². The van der Waals surface area contributed by atoms with Gasteiger partial charge in [-0.25, -0.2) is 13.2 Å². The molecule has 0 bridgehead atoms. The number of hydrogen-bond acceptors (Lipinski definition) is 5. The Balaban J connectivity index is 3.15. The number of carbonyl (C=O) groups excluding carboxylic acids is 1. The Morgan fingerprint density at radius 3 is 2.37 bits per heavy atom. The van der Waals surface area contributed by atoms with Gasteiger partial charge in [-0.1, -0.05) is 0 Å². The predicted octanol–water partition coefficient (Wildman–Crippen LogP) is -0.219. The van der Waals surface area contributed by atoms with Crippen LogP contribution < -0.4 is 4.72 Å². The highest BCUT2D eigenvalue weighted by molar-refractivity contribution is 7.89. The Morgan fingerprint density at radius 2 is 1.95 bits per heavy atom. The number of carbonyl (C=O) groups is 2. The summed E-state index contributed by atoms with van der Waals surface area (Å²) in [6, 6.07) is 0. The number of carboxylic acid groups (broad SMARTS) is 1. The quantitative estimate of drug-likeness (QED) is 0.644. The van der Waals surface area contributed by atoms with E-state index in [9.17, 15) is 18.0 Å². The molecule has 8 nitrogen and oxygen atoms in total. The molecule has 3 N–H and O–H groups in total. The van der Waals surface area contributed by atoms with Gasteiger partial charge >= 0.3 is 11.9 Å². The SMILES string of the molecule is COC(=O)CNS(=O)(=O)c1c(C)[nH]c(C(=O)O)c1C. The first kappa shape index (κ1) is 15.2. The maximum absolute atomic E-state index is 12.0. The largest absolute Gasteiger partial charge is 0.477 e. The molecule has 1 rings (SSSR count). The zero-order chi connectivity index (χ0) is 14.8. The second-order valence-corrected chi connectivity index (χ2v) is 5.49. The average Bonchev–Trinajstić information content (AvgIpc) is 2.62. The summed E-state index contributed by atoms with van der Waals surface area (Å²) >= 11 is 0. The summed E-state index contributed by atoms with van der Waals surface area (Å²) < 4.78 is 30.4. The molecule has 0 saturated heterocycles. The van der Waals surface area contributed by atoms with Gasteiger partial charge in [0.05, 0.1) is 7.11 Å². The van der Waals surface area contributed by atoms with E-state index in [-0.39, 0.29) is 21.8 Å². The van der Waals surface area contributed by atoms with Crippen molar-refractivity contribution >= 4 is 22.0 Å². The van der Waals surface area contributed by atoms with E-state index in [1.807, 2.05) is 4.72 Å². The molecular formula is C10H14N2O6S. The van der Waals surface area contributed by atoms with Crippen LogP contribution in [0.25, 0.3) is 0 Å². The van der Waals surface area contributed by atoms with Crippen molar-refractivity contribution in [1.82, 2.24) is 9.71 Å². The number of aryl methyl sites for hydroxylation is 1. The molecule has 0 amide bonds. The smallest absolute Gasteiger partial charge is 0.352 e. The van der Waals surface area contributed by atoms with Crippen LogP contribution in [0, 0.1) is 13.8 Å². The lowest BCUT2D eigenvalue weighted by molar-refractivity contribution is -0.139. The number of sulfonamides is 1. The maximum atomic E-state index is 12.0. The number of aromatic amines is 1. The van der Waals surface area contributed by atoms with Crippen LogP contribution in [0.2, 0.25) is 0 Å². The Morgan fingerprint density at radius 1 is 1.37 bits per heavy atom. The lowest BCUT2D eigenvalue weighted by Crippen LogP contribution is -2.30. The van der Waals surface area contributed by atoms with Crippen molar-refractivity contribution in [3.63, 3.8) is 0 Å². The van der Waals surface area contributed by atoms with Crippen LogP contribution in [0.15, 0.2) is 4.90 Å². The van der Waals surface area contributed by atoms with Crippen molar-refractivity contribution in [3.8, 4) is 0 Å². The first-order valence-corrected chi connectivity index (χ1v) is 6.68. The maximum Gasteiger partial charge on any atom is 0.352 e. The van der Waals surface area contributed by atoms with Crippen LogP contribution in [-0.2, 0) is 19.6 Å². The predicted molar refractivity (Wildman–Crippen MR) is 64.4 cm³/mol. The fraction of sp³-hybridized carbons (Fsp3) is 0.400. The molecule has 9 heteroatoms. The van der Waals surface area contributed by atoms with Gasteiger partial charge in [0, 0.05) is 11.3 Å². The van der Waals surface area contributed by atoms with Crippen molar-refractivity contribution in [2.45, 2.75) is 18.7 Å². The molecule has 19 heavy (non-hydrogen) atoms. The second-order valence-electron chi connectivity index (χ2n) is 3.78. The highest BCUT2D eigenvalue weighted by Gasteiger charge is 2.26. The summed E-state index contributed by atoms with van der Waals surface area (Å²) in [5, 5.41) is 8.90.